The quantitative estimate of drug-likeness (QED) is 0.436. The Labute approximate surface area is 169 Å². The third kappa shape index (κ3) is 7.44. The molecule has 2 aromatic heterocycles. The third-order valence-corrected chi connectivity index (χ3v) is 7.56. The van der Waals surface area contributed by atoms with Crippen molar-refractivity contribution in [3.8, 4) is 0 Å². The van der Waals surface area contributed by atoms with E-state index < -0.39 is 15.0 Å². The summed E-state index contributed by atoms with van der Waals surface area (Å²) in [5.41, 5.74) is 0.406. The third-order valence-electron chi connectivity index (χ3n) is 4.32. The van der Waals surface area contributed by atoms with E-state index in [0.29, 0.717) is 44.6 Å². The van der Waals surface area contributed by atoms with Crippen molar-refractivity contribution < 1.29 is 23.1 Å². The van der Waals surface area contributed by atoms with Crippen LogP contribution in [-0.2, 0) is 24.7 Å². The molecule has 0 aliphatic heterocycles. The molecule has 0 saturated carbocycles. The smallest absolute Gasteiger partial charge is 0.329 e. The lowest BCUT2D eigenvalue weighted by Gasteiger charge is -2.25. The van der Waals surface area contributed by atoms with Gasteiger partial charge in [0.1, 0.15) is 0 Å². The molecule has 11 nitrogen and oxygen atoms in total. The van der Waals surface area contributed by atoms with Crippen LogP contribution < -0.4 is 5.56 Å². The van der Waals surface area contributed by atoms with Crippen molar-refractivity contribution in [3.05, 3.63) is 23.0 Å². The predicted molar refractivity (Wildman–Crippen MR) is 111 cm³/mol. The zero-order valence-corrected chi connectivity index (χ0v) is 18.8. The van der Waals surface area contributed by atoms with E-state index in [4.69, 9.17) is 9.05 Å². The maximum absolute atomic E-state index is 12.4. The highest BCUT2D eigenvalue weighted by Gasteiger charge is 2.22. The summed E-state index contributed by atoms with van der Waals surface area (Å²) in [5.74, 6) is 0. The van der Waals surface area contributed by atoms with Crippen LogP contribution >= 0.6 is 15.0 Å². The van der Waals surface area contributed by atoms with E-state index in [1.807, 2.05) is 4.90 Å². The molecule has 0 saturated heterocycles. The zero-order chi connectivity index (χ0) is 21.5. The lowest BCUT2D eigenvalue weighted by molar-refractivity contribution is 0.252. The number of aromatic nitrogens is 4. The van der Waals surface area contributed by atoms with Gasteiger partial charge in [-0.05, 0) is 13.8 Å². The Hall–Kier alpha value is -1.35. The first-order chi connectivity index (χ1) is 13.7. The fraction of sp³-hybridized carbons (Fsp3) is 0.688. The molecule has 0 aliphatic rings. The van der Waals surface area contributed by atoms with Gasteiger partial charge in [0.25, 0.3) is 5.56 Å². The second-order valence-electron chi connectivity index (χ2n) is 6.62. The molecule has 164 valence electrons. The van der Waals surface area contributed by atoms with Crippen molar-refractivity contribution >= 4 is 26.1 Å². The molecule has 29 heavy (non-hydrogen) atoms. The van der Waals surface area contributed by atoms with Crippen LogP contribution in [0.25, 0.3) is 11.2 Å². The van der Waals surface area contributed by atoms with E-state index in [2.05, 4.69) is 15.0 Å². The Balaban J connectivity index is 2.06. The number of imidazole rings is 1. The Kier molecular flexibility index (Phi) is 8.75. The van der Waals surface area contributed by atoms with Gasteiger partial charge in [-0.25, -0.2) is 9.97 Å². The fourth-order valence-electron chi connectivity index (χ4n) is 2.83. The second kappa shape index (κ2) is 10.6. The minimum Gasteiger partial charge on any atom is -0.329 e. The van der Waals surface area contributed by atoms with Crippen LogP contribution in [0.1, 0.15) is 13.8 Å². The van der Waals surface area contributed by atoms with Crippen molar-refractivity contribution in [1.29, 1.82) is 0 Å². The van der Waals surface area contributed by atoms with E-state index in [-0.39, 0.29) is 23.8 Å². The number of nitrogens with zero attached hydrogens (tertiary/aromatic N) is 4. The molecule has 2 aromatic rings. The van der Waals surface area contributed by atoms with Gasteiger partial charge in [0.05, 0.1) is 32.0 Å². The largest absolute Gasteiger partial charge is 0.329 e. The Morgan fingerprint density at radius 1 is 1.14 bits per heavy atom. The number of hydrogen-bond donors (Lipinski definition) is 2. The van der Waals surface area contributed by atoms with Gasteiger partial charge in [-0.2, -0.15) is 0 Å². The summed E-state index contributed by atoms with van der Waals surface area (Å²) >= 11 is 0. The molecular weight excluding hydrogens is 420 g/mol. The number of fused-ring (bicyclic) bond motifs is 1. The summed E-state index contributed by atoms with van der Waals surface area (Å²) in [7, 11) is -6.41. The predicted octanol–water partition coefficient (Wildman–Crippen LogP) is 1.59. The summed E-state index contributed by atoms with van der Waals surface area (Å²) in [6.45, 7) is 7.23. The maximum atomic E-state index is 12.4. The van der Waals surface area contributed by atoms with E-state index >= 15 is 0 Å². The first-order valence-electron chi connectivity index (χ1n) is 9.45. The maximum Gasteiger partial charge on any atom is 0.329 e. The average molecular weight is 449 g/mol. The van der Waals surface area contributed by atoms with Crippen molar-refractivity contribution in [2.45, 2.75) is 20.4 Å². The highest BCUT2D eigenvalue weighted by Crippen LogP contribution is 2.43. The highest BCUT2D eigenvalue weighted by molar-refractivity contribution is 7.58. The fourth-order valence-corrected chi connectivity index (χ4v) is 5.22. The van der Waals surface area contributed by atoms with E-state index in [0.717, 1.165) is 0 Å². The molecule has 0 aliphatic carbocycles. The minimum absolute atomic E-state index is 0.0356. The van der Waals surface area contributed by atoms with Crippen LogP contribution in [-0.4, -0.2) is 81.1 Å². The zero-order valence-electron chi connectivity index (χ0n) is 17.0. The van der Waals surface area contributed by atoms with Crippen molar-refractivity contribution in [2.24, 2.45) is 0 Å². The first kappa shape index (κ1) is 23.9. The summed E-state index contributed by atoms with van der Waals surface area (Å²) in [5, 5.41) is 0. The molecule has 0 radical (unpaired) electrons. The van der Waals surface area contributed by atoms with Crippen molar-refractivity contribution in [3.63, 3.8) is 0 Å². The van der Waals surface area contributed by atoms with Crippen LogP contribution in [0.15, 0.2) is 17.4 Å². The summed E-state index contributed by atoms with van der Waals surface area (Å²) in [4.78, 5) is 34.3. The van der Waals surface area contributed by atoms with Crippen molar-refractivity contribution in [2.75, 3.05) is 51.8 Å². The van der Waals surface area contributed by atoms with E-state index in [1.165, 1.54) is 12.7 Å². The van der Waals surface area contributed by atoms with Gasteiger partial charge in [0, 0.05) is 39.0 Å². The second-order valence-corrected chi connectivity index (χ2v) is 11.3. The van der Waals surface area contributed by atoms with Crippen LogP contribution in [0, 0.1) is 0 Å². The topological polar surface area (TPSA) is 140 Å². The summed E-state index contributed by atoms with van der Waals surface area (Å²) < 4.78 is 36.4. The molecule has 2 N–H and O–H groups in total. The summed E-state index contributed by atoms with van der Waals surface area (Å²) in [6, 6.07) is 0. The number of rotatable bonds is 13. The number of aromatic amines is 1. The Morgan fingerprint density at radius 2 is 1.83 bits per heavy atom. The molecule has 2 unspecified atom stereocenters. The SMILES string of the molecule is CCOP(C)(=O)CCN(CCn1cnc2c(=O)[nH]cnc21)CCP(=O)(O)OCC. The molecule has 13 heteroatoms. The normalized spacial score (nSPS) is 16.2. The average Bonchev–Trinajstić information content (AvgIpc) is 3.05. The monoisotopic (exact) mass is 449 g/mol. The molecule has 0 fully saturated rings. The molecular formula is C16H29N5O6P2. The number of nitrogens with one attached hydrogen (secondary N) is 1. The molecule has 0 amide bonds. The standard InChI is InChI=1S/C16H29N5O6P2/c1-4-26-28(3,23)10-8-20(9-11-29(24,25)27-5-2)6-7-21-13-19-14-15(21)17-12-18-16(14)22/h12-13H,4-11H2,1-3H3,(H,24,25)(H,17,18,22). The lowest BCUT2D eigenvalue weighted by Crippen LogP contribution is -2.33. The van der Waals surface area contributed by atoms with Gasteiger partial charge >= 0.3 is 7.60 Å². The van der Waals surface area contributed by atoms with Gasteiger partial charge < -0.3 is 28.4 Å². The van der Waals surface area contributed by atoms with Crippen LogP contribution in [0.2, 0.25) is 0 Å². The first-order valence-corrected chi connectivity index (χ1v) is 13.5. The minimum atomic E-state index is -3.67. The number of hydrogen-bond acceptors (Lipinski definition) is 8. The Bertz CT molecular complexity index is 915. The van der Waals surface area contributed by atoms with Crippen molar-refractivity contribution in [1.82, 2.24) is 24.4 Å². The molecule has 0 bridgehead atoms. The van der Waals surface area contributed by atoms with E-state index in [1.54, 1.807) is 25.1 Å². The Morgan fingerprint density at radius 3 is 2.52 bits per heavy atom. The molecule has 2 rings (SSSR count). The molecule has 0 aromatic carbocycles. The van der Waals surface area contributed by atoms with Gasteiger partial charge in [-0.15, -0.1) is 0 Å². The van der Waals surface area contributed by atoms with Gasteiger partial charge in [-0.1, -0.05) is 0 Å². The molecule has 2 heterocycles. The highest BCUT2D eigenvalue weighted by atomic mass is 31.2. The summed E-state index contributed by atoms with van der Waals surface area (Å²) in [6.07, 6.45) is 3.15. The molecule has 2 atom stereocenters. The van der Waals surface area contributed by atoms with E-state index in [9.17, 15) is 18.8 Å². The van der Waals surface area contributed by atoms with Crippen LogP contribution in [0.4, 0.5) is 0 Å². The lowest BCUT2D eigenvalue weighted by atomic mass is 10.4. The van der Waals surface area contributed by atoms with Crippen LogP contribution in [0.5, 0.6) is 0 Å². The number of H-pyrrole nitrogens is 1. The van der Waals surface area contributed by atoms with Crippen LogP contribution in [0.3, 0.4) is 0 Å². The molecule has 0 spiro atoms. The van der Waals surface area contributed by atoms with Gasteiger partial charge in [0.15, 0.2) is 11.2 Å². The van der Waals surface area contributed by atoms with Gasteiger partial charge in [0.2, 0.25) is 7.37 Å². The van der Waals surface area contributed by atoms with Gasteiger partial charge in [-0.3, -0.25) is 13.9 Å².